The second-order valence-electron chi connectivity index (χ2n) is 8.13. The third-order valence-electron chi connectivity index (χ3n) is 6.20. The Kier molecular flexibility index (Phi) is 9.46. The molecule has 0 aromatic heterocycles. The molecule has 156 valence electrons. The van der Waals surface area contributed by atoms with E-state index in [9.17, 15) is 20.1 Å². The predicted molar refractivity (Wildman–Crippen MR) is 108 cm³/mol. The largest absolute Gasteiger partial charge is 1.00 e. The normalized spacial score (nSPS) is 28.5. The maximum Gasteiger partial charge on any atom is 1.00 e. The van der Waals surface area contributed by atoms with E-state index in [1.54, 1.807) is 13.0 Å². The van der Waals surface area contributed by atoms with Gasteiger partial charge >= 0.3 is 29.6 Å². The van der Waals surface area contributed by atoms with Crippen LogP contribution >= 0.6 is 0 Å². The zero-order valence-electron chi connectivity index (χ0n) is 18.0. The van der Waals surface area contributed by atoms with Gasteiger partial charge in [-0.15, -0.1) is 11.8 Å². The minimum atomic E-state index is -1.08. The van der Waals surface area contributed by atoms with E-state index >= 15 is 0 Å². The maximum absolute atomic E-state index is 11.0. The van der Waals surface area contributed by atoms with Crippen LogP contribution in [0.25, 0.3) is 0 Å². The molecule has 5 nitrogen and oxygen atoms in total. The Labute approximate surface area is 200 Å². The second-order valence-corrected chi connectivity index (χ2v) is 8.13. The molecule has 2 unspecified atom stereocenters. The van der Waals surface area contributed by atoms with Gasteiger partial charge in [0, 0.05) is 35.7 Å². The third kappa shape index (κ3) is 5.49. The van der Waals surface area contributed by atoms with Crippen LogP contribution in [-0.4, -0.2) is 34.5 Å². The zero-order valence-corrected chi connectivity index (χ0v) is 20.0. The molecular weight excluding hydrogens is 391 g/mol. The van der Waals surface area contributed by atoms with Crippen LogP contribution in [0.3, 0.4) is 0 Å². The summed E-state index contributed by atoms with van der Waals surface area (Å²) in [5, 5.41) is 32.3. The van der Waals surface area contributed by atoms with Crippen molar-refractivity contribution in [1.82, 2.24) is 0 Å². The summed E-state index contributed by atoms with van der Waals surface area (Å²) in [4.78, 5) is 10.8. The van der Waals surface area contributed by atoms with Crippen LogP contribution in [-0.2, 0) is 4.79 Å². The van der Waals surface area contributed by atoms with Crippen LogP contribution in [0.4, 0.5) is 0 Å². The fourth-order valence-electron chi connectivity index (χ4n) is 4.60. The molecule has 0 saturated heterocycles. The molecule has 1 fully saturated rings. The Morgan fingerprint density at radius 2 is 2.10 bits per heavy atom. The predicted octanol–water partition coefficient (Wildman–Crippen LogP) is -0.971. The molecule has 0 spiro atoms. The molecule has 1 heterocycles. The molecule has 1 aromatic rings. The van der Waals surface area contributed by atoms with E-state index in [2.05, 4.69) is 11.8 Å². The molecule has 0 bridgehead atoms. The average molecular weight is 420 g/mol. The van der Waals surface area contributed by atoms with Gasteiger partial charge in [-0.2, -0.15) is 0 Å². The standard InChI is InChI=1S/C24H30O5.Na/c1-3-4-8-15(2)19(25)14-13-17-22-16-9-5-6-11-20(16)29-24(22)18(23(17)28)10-7-12-21(26)27;/h5-6,9,11,13-15,17-19,22-25,28H,7-8,10,12H2,1-2H3,(H,26,27);/q;+1/p-1/b14-13+;/t15?,17-,18?,19-,22-,23-,24-;/m1./s1. The molecule has 0 amide bonds. The van der Waals surface area contributed by atoms with Crippen molar-refractivity contribution < 1.29 is 54.4 Å². The quantitative estimate of drug-likeness (QED) is 0.321. The van der Waals surface area contributed by atoms with E-state index in [4.69, 9.17) is 4.74 Å². The summed E-state index contributed by atoms with van der Waals surface area (Å²) in [6.07, 6.45) is 3.76. The summed E-state index contributed by atoms with van der Waals surface area (Å²) < 4.78 is 6.17. The van der Waals surface area contributed by atoms with Crippen LogP contribution in [0.1, 0.15) is 51.0 Å². The molecule has 2 N–H and O–H groups in total. The number of carboxylic acids is 1. The van der Waals surface area contributed by atoms with Gasteiger partial charge in [-0.1, -0.05) is 37.3 Å². The summed E-state index contributed by atoms with van der Waals surface area (Å²) >= 11 is 0. The number of aliphatic carboxylic acids is 1. The van der Waals surface area contributed by atoms with E-state index in [1.807, 2.05) is 37.3 Å². The van der Waals surface area contributed by atoms with Crippen molar-refractivity contribution in [3.63, 3.8) is 0 Å². The smallest absolute Gasteiger partial charge is 0.550 e. The van der Waals surface area contributed by atoms with Crippen molar-refractivity contribution in [2.24, 2.45) is 17.8 Å². The van der Waals surface area contributed by atoms with Crippen molar-refractivity contribution in [3.05, 3.63) is 42.0 Å². The Morgan fingerprint density at radius 1 is 1.37 bits per heavy atom. The molecule has 6 heteroatoms. The Balaban J connectivity index is 0.00000320. The number of aliphatic hydroxyl groups excluding tert-OH is 2. The zero-order chi connectivity index (χ0) is 21.0. The topological polar surface area (TPSA) is 89.8 Å². The van der Waals surface area contributed by atoms with Gasteiger partial charge in [-0.25, -0.2) is 0 Å². The SMILES string of the molecule is CC#CCC(C)[C@H](O)/C=C/[C@@H]1[C@H]2c3ccccc3O[C@@H]2C(CCCC(=O)[O-])[C@@H]1O.[Na+]. The van der Waals surface area contributed by atoms with Crippen LogP contribution in [0, 0.1) is 29.6 Å². The molecular formula is C24H29NaO5. The monoisotopic (exact) mass is 420 g/mol. The van der Waals surface area contributed by atoms with Crippen molar-refractivity contribution in [1.29, 1.82) is 0 Å². The van der Waals surface area contributed by atoms with E-state index in [0.29, 0.717) is 19.3 Å². The van der Waals surface area contributed by atoms with Crippen molar-refractivity contribution >= 4 is 5.97 Å². The first kappa shape index (κ1) is 25.0. The van der Waals surface area contributed by atoms with Gasteiger partial charge in [0.2, 0.25) is 0 Å². The van der Waals surface area contributed by atoms with Gasteiger partial charge < -0.3 is 24.9 Å². The van der Waals surface area contributed by atoms with Crippen molar-refractivity contribution in [2.75, 3.05) is 0 Å². The van der Waals surface area contributed by atoms with Gasteiger partial charge in [0.25, 0.3) is 0 Å². The van der Waals surface area contributed by atoms with Gasteiger partial charge in [-0.3, -0.25) is 0 Å². The molecule has 0 radical (unpaired) electrons. The molecule has 3 rings (SSSR count). The van der Waals surface area contributed by atoms with E-state index in [1.165, 1.54) is 0 Å². The minimum Gasteiger partial charge on any atom is -0.550 e. The number of fused-ring (bicyclic) bond motifs is 3. The first-order chi connectivity index (χ1) is 13.9. The summed E-state index contributed by atoms with van der Waals surface area (Å²) in [5.41, 5.74) is 1.06. The Hall–Kier alpha value is -1.29. The molecule has 2 aliphatic rings. The summed E-state index contributed by atoms with van der Waals surface area (Å²) in [6.45, 7) is 3.73. The number of para-hydroxylation sites is 1. The van der Waals surface area contributed by atoms with Crippen LogP contribution < -0.4 is 39.4 Å². The summed E-state index contributed by atoms with van der Waals surface area (Å²) in [5.74, 6) is 5.21. The number of benzene rings is 1. The first-order valence-electron chi connectivity index (χ1n) is 10.3. The van der Waals surface area contributed by atoms with Crippen molar-refractivity contribution in [3.8, 4) is 17.6 Å². The van der Waals surface area contributed by atoms with Gasteiger partial charge in [0.1, 0.15) is 11.9 Å². The molecule has 30 heavy (non-hydrogen) atoms. The first-order valence-corrected chi connectivity index (χ1v) is 10.3. The van der Waals surface area contributed by atoms with E-state index in [0.717, 1.165) is 11.3 Å². The number of ether oxygens (including phenoxy) is 1. The molecule has 7 atom stereocenters. The summed E-state index contributed by atoms with van der Waals surface area (Å²) in [6, 6.07) is 7.83. The number of hydrogen-bond acceptors (Lipinski definition) is 5. The van der Waals surface area contributed by atoms with Crippen LogP contribution in [0.15, 0.2) is 36.4 Å². The van der Waals surface area contributed by atoms with E-state index < -0.39 is 18.2 Å². The van der Waals surface area contributed by atoms with E-state index in [-0.39, 0.29) is 65.8 Å². The number of hydrogen-bond donors (Lipinski definition) is 2. The fourth-order valence-corrected chi connectivity index (χ4v) is 4.60. The van der Waals surface area contributed by atoms with Crippen molar-refractivity contribution in [2.45, 2.75) is 63.8 Å². The Morgan fingerprint density at radius 3 is 2.80 bits per heavy atom. The molecule has 1 aliphatic carbocycles. The second kappa shape index (κ2) is 11.4. The fraction of sp³-hybridized carbons (Fsp3) is 0.542. The molecule has 1 aromatic carbocycles. The number of carboxylic acid groups (broad SMARTS) is 1. The number of aliphatic hydroxyl groups is 2. The van der Waals surface area contributed by atoms with Gasteiger partial charge in [0.15, 0.2) is 0 Å². The number of rotatable bonds is 8. The Bertz CT molecular complexity index is 811. The van der Waals surface area contributed by atoms with Crippen LogP contribution in [0.2, 0.25) is 0 Å². The van der Waals surface area contributed by atoms with Crippen LogP contribution in [0.5, 0.6) is 5.75 Å². The summed E-state index contributed by atoms with van der Waals surface area (Å²) in [7, 11) is 0. The minimum absolute atomic E-state index is 0. The van der Waals surface area contributed by atoms with Gasteiger partial charge in [-0.05, 0) is 38.2 Å². The average Bonchev–Trinajstić information content (AvgIpc) is 3.19. The molecule has 1 saturated carbocycles. The van der Waals surface area contributed by atoms with Gasteiger partial charge in [0.05, 0.1) is 12.2 Å². The maximum atomic E-state index is 11.0. The molecule has 1 aliphatic heterocycles. The number of carbonyl (C=O) groups excluding carboxylic acids is 1. The third-order valence-corrected chi connectivity index (χ3v) is 6.20. The number of carbonyl (C=O) groups is 1.